The molecule has 7 aromatic rings. The second kappa shape index (κ2) is 17.8. The van der Waals surface area contributed by atoms with Crippen LogP contribution in [0.5, 0.6) is 0 Å². The minimum absolute atomic E-state index is 0. The van der Waals surface area contributed by atoms with Crippen molar-refractivity contribution < 1.29 is 26.2 Å². The number of piperazine rings is 1. The van der Waals surface area contributed by atoms with Crippen LogP contribution in [0.3, 0.4) is 0 Å². The van der Waals surface area contributed by atoms with Crippen molar-refractivity contribution in [3.8, 4) is 22.5 Å². The van der Waals surface area contributed by atoms with E-state index < -0.39 is 37.4 Å². The van der Waals surface area contributed by atoms with Gasteiger partial charge in [0, 0.05) is 54.3 Å². The molecule has 0 unspecified atom stereocenters. The number of carbonyl (C=O) groups is 1. The molecule has 1 aliphatic heterocycles. The van der Waals surface area contributed by atoms with Gasteiger partial charge in [0.2, 0.25) is 5.95 Å². The summed E-state index contributed by atoms with van der Waals surface area (Å²) in [7, 11) is -8.63. The molecule has 1 aliphatic rings. The quantitative estimate of drug-likeness (QED) is 0.118. The Kier molecular flexibility index (Phi) is 12.7. The van der Waals surface area contributed by atoms with Crippen molar-refractivity contribution in [1.82, 2.24) is 39.7 Å². The molecule has 1 fully saturated rings. The minimum atomic E-state index is -4.39. The number of anilines is 2. The van der Waals surface area contributed by atoms with Gasteiger partial charge in [-0.3, -0.25) is 4.79 Å². The molecule has 19 heteroatoms. The van der Waals surface area contributed by atoms with Gasteiger partial charge >= 0.3 is 11.8 Å². The van der Waals surface area contributed by atoms with Crippen molar-refractivity contribution in [3.63, 3.8) is 0 Å². The van der Waals surface area contributed by atoms with Crippen LogP contribution < -0.4 is 20.3 Å². The molecule has 334 valence electrons. The van der Waals surface area contributed by atoms with Crippen LogP contribution in [-0.4, -0.2) is 78.0 Å². The Morgan fingerprint density at radius 3 is 2.05 bits per heavy atom. The van der Waals surface area contributed by atoms with Crippen molar-refractivity contribution in [3.05, 3.63) is 125 Å². The summed E-state index contributed by atoms with van der Waals surface area (Å²) >= 11 is 0. The van der Waals surface area contributed by atoms with E-state index in [0.29, 0.717) is 22.3 Å². The van der Waals surface area contributed by atoms with E-state index in [2.05, 4.69) is 35.4 Å². The van der Waals surface area contributed by atoms with Crippen LogP contribution in [0, 0.1) is 20.8 Å². The third-order valence-electron chi connectivity index (χ3n) is 10.9. The number of aromatic nitrogens is 6. The first-order chi connectivity index (χ1) is 29.9. The Labute approximate surface area is 378 Å². The van der Waals surface area contributed by atoms with Gasteiger partial charge in [-0.2, -0.15) is 9.97 Å². The number of halogens is 1. The van der Waals surface area contributed by atoms with Gasteiger partial charge in [0.1, 0.15) is 5.82 Å². The normalized spacial score (nSPS) is 14.0. The first-order valence-electron chi connectivity index (χ1n) is 20.4. The van der Waals surface area contributed by atoms with Crippen molar-refractivity contribution >= 4 is 61.2 Å². The van der Waals surface area contributed by atoms with Gasteiger partial charge in [-0.1, -0.05) is 73.5 Å². The second-order valence-corrected chi connectivity index (χ2v) is 20.2. The highest BCUT2D eigenvalue weighted by molar-refractivity contribution is 7.92. The standard InChI is InChI=1S/C45H48N10O6S2.ClH/c1-27-8-14-33(15-9-27)62(57,58)53-44-49-39(31-12-18-35(29(3)24-31)30(4)48-41(56)42-51-43(52-61-42)45(5,6)7)36-25-37(32-13-19-38(47-26-32)54-22-20-46-21-23-54)55(40(36)50-44)63(59,60)34-16-10-28(2)11-17-34;/h8-19,24-26,30,46H,20-23H2,1-7H3,(H,48,56)(H,49,50,53);1H/t30-;/m1./s1. The van der Waals surface area contributed by atoms with E-state index in [9.17, 15) is 21.6 Å². The lowest BCUT2D eigenvalue weighted by molar-refractivity contribution is 0.0895. The van der Waals surface area contributed by atoms with Crippen molar-refractivity contribution in [1.29, 1.82) is 0 Å². The topological polar surface area (TPSA) is 207 Å². The zero-order chi connectivity index (χ0) is 44.8. The first-order valence-corrected chi connectivity index (χ1v) is 23.3. The maximum absolute atomic E-state index is 14.9. The molecule has 3 N–H and O–H groups in total. The lowest BCUT2D eigenvalue weighted by Gasteiger charge is -2.28. The molecule has 1 amide bonds. The third kappa shape index (κ3) is 9.22. The van der Waals surface area contributed by atoms with Crippen LogP contribution in [0.1, 0.15) is 72.5 Å². The summed E-state index contributed by atoms with van der Waals surface area (Å²) in [4.78, 5) is 33.8. The molecule has 0 radical (unpaired) electrons. The van der Waals surface area contributed by atoms with Crippen LogP contribution in [0.25, 0.3) is 33.5 Å². The Hall–Kier alpha value is -6.21. The smallest absolute Gasteiger partial charge is 0.315 e. The molecule has 0 aliphatic carbocycles. The minimum Gasteiger partial charge on any atom is -0.354 e. The molecule has 5 heterocycles. The summed E-state index contributed by atoms with van der Waals surface area (Å²) in [5.74, 6) is 0.137. The summed E-state index contributed by atoms with van der Waals surface area (Å²) in [6.45, 7) is 16.3. The van der Waals surface area contributed by atoms with Gasteiger partial charge in [-0.15, -0.1) is 12.4 Å². The fraction of sp³-hybridized carbons (Fsp3) is 0.289. The van der Waals surface area contributed by atoms with E-state index in [-0.39, 0.29) is 51.1 Å². The van der Waals surface area contributed by atoms with Gasteiger partial charge in [-0.05, 0) is 87.4 Å². The maximum Gasteiger partial charge on any atom is 0.315 e. The molecule has 1 saturated heterocycles. The number of carbonyl (C=O) groups excluding carboxylic acids is 1. The predicted octanol–water partition coefficient (Wildman–Crippen LogP) is 7.13. The SMILES string of the molecule is Cc1ccc(S(=O)(=O)Nc2nc(-c3ccc([C@@H](C)NC(=O)c4nc(C(C)(C)C)no4)c(C)c3)c3cc(-c4ccc(N5CCNCC5)nc4)n(S(=O)(=O)c4ccc(C)cc4)c3n2)cc1.Cl. The number of sulfonamides is 1. The van der Waals surface area contributed by atoms with Gasteiger partial charge in [0.15, 0.2) is 11.5 Å². The number of nitrogens with one attached hydrogen (secondary N) is 3. The van der Waals surface area contributed by atoms with E-state index in [1.165, 1.54) is 24.3 Å². The number of aryl methyl sites for hydroxylation is 3. The van der Waals surface area contributed by atoms with E-state index in [0.717, 1.165) is 58.2 Å². The van der Waals surface area contributed by atoms with Crippen molar-refractivity contribution in [2.45, 2.75) is 69.7 Å². The van der Waals surface area contributed by atoms with Crippen LogP contribution in [-0.2, 0) is 25.5 Å². The zero-order valence-corrected chi connectivity index (χ0v) is 38.8. The van der Waals surface area contributed by atoms with Gasteiger partial charge < -0.3 is 20.1 Å². The Morgan fingerprint density at radius 1 is 0.812 bits per heavy atom. The fourth-order valence-electron chi connectivity index (χ4n) is 7.36. The van der Waals surface area contributed by atoms with E-state index in [4.69, 9.17) is 14.5 Å². The lowest BCUT2D eigenvalue weighted by atomic mass is 9.96. The highest BCUT2D eigenvalue weighted by atomic mass is 35.5. The molecule has 16 nitrogen and oxygen atoms in total. The number of pyridine rings is 1. The molecule has 64 heavy (non-hydrogen) atoms. The number of nitrogens with zero attached hydrogens (tertiary/aromatic N) is 7. The second-order valence-electron chi connectivity index (χ2n) is 16.7. The summed E-state index contributed by atoms with van der Waals surface area (Å²) in [6, 6.07) is 23.1. The first kappa shape index (κ1) is 45.8. The summed E-state index contributed by atoms with van der Waals surface area (Å²) in [6.07, 6.45) is 1.63. The molecule has 4 aromatic heterocycles. The summed E-state index contributed by atoms with van der Waals surface area (Å²) in [5, 5.41) is 10.6. The zero-order valence-electron chi connectivity index (χ0n) is 36.4. The number of fused-ring (bicyclic) bond motifs is 1. The summed E-state index contributed by atoms with van der Waals surface area (Å²) < 4.78 is 66.5. The van der Waals surface area contributed by atoms with Crippen LogP contribution in [0.4, 0.5) is 11.8 Å². The average molecular weight is 926 g/mol. The largest absolute Gasteiger partial charge is 0.354 e. The maximum atomic E-state index is 14.9. The molecular formula is C45H49ClN10O6S2. The van der Waals surface area contributed by atoms with E-state index in [1.54, 1.807) is 42.6 Å². The highest BCUT2D eigenvalue weighted by Gasteiger charge is 2.30. The fourth-order valence-corrected chi connectivity index (χ4v) is 9.78. The van der Waals surface area contributed by atoms with E-state index in [1.807, 2.05) is 72.7 Å². The van der Waals surface area contributed by atoms with Gasteiger partial charge in [-0.25, -0.2) is 35.5 Å². The van der Waals surface area contributed by atoms with Crippen LogP contribution in [0.2, 0.25) is 0 Å². The number of benzene rings is 3. The third-order valence-corrected chi connectivity index (χ3v) is 13.9. The lowest BCUT2D eigenvalue weighted by Crippen LogP contribution is -2.43. The number of hydrogen-bond donors (Lipinski definition) is 3. The molecule has 3 aromatic carbocycles. The van der Waals surface area contributed by atoms with Crippen LogP contribution >= 0.6 is 12.4 Å². The Morgan fingerprint density at radius 2 is 1.45 bits per heavy atom. The molecule has 8 rings (SSSR count). The van der Waals surface area contributed by atoms with Gasteiger partial charge in [0.25, 0.3) is 20.0 Å². The number of rotatable bonds is 11. The van der Waals surface area contributed by atoms with Crippen LogP contribution in [0.15, 0.2) is 105 Å². The Balaban J connectivity index is 0.00000612. The molecule has 0 saturated carbocycles. The Bertz CT molecular complexity index is 3070. The van der Waals surface area contributed by atoms with E-state index >= 15 is 0 Å². The van der Waals surface area contributed by atoms with Crippen molar-refractivity contribution in [2.24, 2.45) is 0 Å². The number of hydrogen-bond acceptors (Lipinski definition) is 13. The molecular weight excluding hydrogens is 876 g/mol. The molecule has 1 atom stereocenters. The molecule has 0 bridgehead atoms. The molecule has 0 spiro atoms. The summed E-state index contributed by atoms with van der Waals surface area (Å²) in [5.41, 5.74) is 4.33. The number of amides is 1. The predicted molar refractivity (Wildman–Crippen MR) is 248 cm³/mol. The highest BCUT2D eigenvalue weighted by Crippen LogP contribution is 2.38. The van der Waals surface area contributed by atoms with Gasteiger partial charge in [0.05, 0.1) is 27.2 Å². The monoisotopic (exact) mass is 924 g/mol. The van der Waals surface area contributed by atoms with Crippen molar-refractivity contribution in [2.75, 3.05) is 35.8 Å². The average Bonchev–Trinajstić information content (AvgIpc) is 3.91.